The lowest BCUT2D eigenvalue weighted by Gasteiger charge is -2.07. The molecule has 4 aromatic carbocycles. The number of para-hydroxylation sites is 1. The van der Waals surface area contributed by atoms with Gasteiger partial charge in [0, 0.05) is 22.3 Å². The third-order valence-corrected chi connectivity index (χ3v) is 5.09. The highest BCUT2D eigenvalue weighted by molar-refractivity contribution is 5.71. The van der Waals surface area contributed by atoms with Gasteiger partial charge in [0.2, 0.25) is 0 Å². The Labute approximate surface area is 182 Å². The zero-order chi connectivity index (χ0) is 20.9. The summed E-state index contributed by atoms with van der Waals surface area (Å²) >= 11 is 0. The summed E-state index contributed by atoms with van der Waals surface area (Å²) in [6.45, 7) is 0. The van der Waals surface area contributed by atoms with Crippen LogP contribution in [0.4, 0.5) is 0 Å². The van der Waals surface area contributed by atoms with Crippen LogP contribution in [-0.4, -0.2) is 9.78 Å². The predicted octanol–water partition coefficient (Wildman–Crippen LogP) is 6.61. The first-order valence-electron chi connectivity index (χ1n) is 10.3. The fraction of sp³-hybridized carbons (Fsp3) is 0. The van der Waals surface area contributed by atoms with Gasteiger partial charge in [0.25, 0.3) is 0 Å². The van der Waals surface area contributed by atoms with Crippen molar-refractivity contribution in [3.8, 4) is 40.0 Å². The van der Waals surface area contributed by atoms with Crippen LogP contribution in [0.2, 0.25) is 0 Å². The van der Waals surface area contributed by atoms with Crippen molar-refractivity contribution >= 4 is 0 Å². The molecule has 5 aromatic rings. The van der Waals surface area contributed by atoms with E-state index < -0.39 is 0 Å². The van der Waals surface area contributed by atoms with Gasteiger partial charge >= 0.3 is 0 Å². The second-order valence-corrected chi connectivity index (χ2v) is 7.22. The highest BCUT2D eigenvalue weighted by Crippen LogP contribution is 2.28. The summed E-state index contributed by atoms with van der Waals surface area (Å²) in [5.41, 5.74) is 7.24. The SMILES string of the molecule is C(#Cc1ccc(-c2cc(-c3ccccc3)n(-c3ccccc3)n2)cc1)c1ccccc1. The number of hydrogen-bond acceptors (Lipinski definition) is 1. The van der Waals surface area contributed by atoms with Crippen LogP contribution in [0.3, 0.4) is 0 Å². The third-order valence-electron chi connectivity index (χ3n) is 5.09. The van der Waals surface area contributed by atoms with Crippen molar-refractivity contribution in [1.82, 2.24) is 9.78 Å². The van der Waals surface area contributed by atoms with E-state index in [9.17, 15) is 0 Å². The lowest BCUT2D eigenvalue weighted by Crippen LogP contribution is -1.98. The second kappa shape index (κ2) is 8.57. The lowest BCUT2D eigenvalue weighted by atomic mass is 10.1. The van der Waals surface area contributed by atoms with E-state index in [-0.39, 0.29) is 0 Å². The third kappa shape index (κ3) is 4.17. The Morgan fingerprint density at radius 3 is 1.71 bits per heavy atom. The number of rotatable bonds is 3. The molecule has 0 saturated carbocycles. The van der Waals surface area contributed by atoms with Crippen molar-refractivity contribution < 1.29 is 0 Å². The van der Waals surface area contributed by atoms with Gasteiger partial charge in [-0.25, -0.2) is 4.68 Å². The summed E-state index contributed by atoms with van der Waals surface area (Å²) in [6, 6.07) is 41.0. The smallest absolute Gasteiger partial charge is 0.0934 e. The normalized spacial score (nSPS) is 10.3. The molecular weight excluding hydrogens is 376 g/mol. The molecule has 2 heteroatoms. The molecule has 0 aliphatic carbocycles. The minimum Gasteiger partial charge on any atom is -0.232 e. The Bertz CT molecular complexity index is 1280. The van der Waals surface area contributed by atoms with Gasteiger partial charge in [0.15, 0.2) is 0 Å². The van der Waals surface area contributed by atoms with E-state index in [0.29, 0.717) is 0 Å². The lowest BCUT2D eigenvalue weighted by molar-refractivity contribution is 0.892. The molecule has 1 aromatic heterocycles. The van der Waals surface area contributed by atoms with Crippen molar-refractivity contribution in [3.63, 3.8) is 0 Å². The number of nitrogens with zero attached hydrogens (tertiary/aromatic N) is 2. The highest BCUT2D eigenvalue weighted by atomic mass is 15.3. The fourth-order valence-corrected chi connectivity index (χ4v) is 3.49. The Hall–Kier alpha value is -4.35. The van der Waals surface area contributed by atoms with Crippen LogP contribution in [0.1, 0.15) is 11.1 Å². The quantitative estimate of drug-likeness (QED) is 0.314. The first-order valence-corrected chi connectivity index (χ1v) is 10.3. The zero-order valence-corrected chi connectivity index (χ0v) is 16.9. The Balaban J connectivity index is 1.51. The van der Waals surface area contributed by atoms with Gasteiger partial charge in [0.1, 0.15) is 0 Å². The number of hydrogen-bond donors (Lipinski definition) is 0. The van der Waals surface area contributed by atoms with E-state index in [2.05, 4.69) is 78.6 Å². The highest BCUT2D eigenvalue weighted by Gasteiger charge is 2.12. The standard InChI is InChI=1S/C29H20N2/c1-4-10-23(11-5-1)16-17-24-18-20-25(21-19-24)28-22-29(26-12-6-2-7-13-26)31(30-28)27-14-8-3-9-15-27/h1-15,18-22H. The molecule has 0 fully saturated rings. The molecule has 31 heavy (non-hydrogen) atoms. The maximum Gasteiger partial charge on any atom is 0.0934 e. The van der Waals surface area contributed by atoms with Gasteiger partial charge in [-0.15, -0.1) is 0 Å². The van der Waals surface area contributed by atoms with Crippen LogP contribution in [0, 0.1) is 11.8 Å². The van der Waals surface area contributed by atoms with Crippen LogP contribution in [0.15, 0.2) is 121 Å². The van der Waals surface area contributed by atoms with Crippen LogP contribution in [-0.2, 0) is 0 Å². The molecule has 0 N–H and O–H groups in total. The van der Waals surface area contributed by atoms with E-state index in [1.54, 1.807) is 0 Å². The van der Waals surface area contributed by atoms with Crippen molar-refractivity contribution in [2.45, 2.75) is 0 Å². The van der Waals surface area contributed by atoms with Gasteiger partial charge < -0.3 is 0 Å². The molecule has 0 bridgehead atoms. The summed E-state index contributed by atoms with van der Waals surface area (Å²) in [5.74, 6) is 6.44. The Morgan fingerprint density at radius 2 is 1.06 bits per heavy atom. The molecule has 0 spiro atoms. The molecule has 0 saturated heterocycles. The fourth-order valence-electron chi connectivity index (χ4n) is 3.49. The van der Waals surface area contributed by atoms with Gasteiger partial charge in [-0.1, -0.05) is 90.7 Å². The van der Waals surface area contributed by atoms with Gasteiger partial charge in [-0.3, -0.25) is 0 Å². The molecule has 0 aliphatic heterocycles. The molecular formula is C29H20N2. The van der Waals surface area contributed by atoms with Crippen LogP contribution in [0.5, 0.6) is 0 Å². The largest absolute Gasteiger partial charge is 0.232 e. The van der Waals surface area contributed by atoms with Crippen LogP contribution < -0.4 is 0 Å². The van der Waals surface area contributed by atoms with Crippen molar-refractivity contribution in [1.29, 1.82) is 0 Å². The topological polar surface area (TPSA) is 17.8 Å². The molecule has 5 rings (SSSR count). The zero-order valence-electron chi connectivity index (χ0n) is 16.9. The minimum absolute atomic E-state index is 0.935. The van der Waals surface area contributed by atoms with E-state index in [0.717, 1.165) is 39.3 Å². The molecule has 0 radical (unpaired) electrons. The molecule has 2 nitrogen and oxygen atoms in total. The minimum atomic E-state index is 0.935. The van der Waals surface area contributed by atoms with Gasteiger partial charge in [0.05, 0.1) is 17.1 Å². The Morgan fingerprint density at radius 1 is 0.516 bits per heavy atom. The first-order chi connectivity index (χ1) is 15.4. The summed E-state index contributed by atoms with van der Waals surface area (Å²) in [6.07, 6.45) is 0. The van der Waals surface area contributed by atoms with Gasteiger partial charge in [-0.2, -0.15) is 5.10 Å². The first kappa shape index (κ1) is 18.7. The van der Waals surface area contributed by atoms with Crippen molar-refractivity contribution in [3.05, 3.63) is 132 Å². The maximum atomic E-state index is 4.93. The summed E-state index contributed by atoms with van der Waals surface area (Å²) in [4.78, 5) is 0. The molecule has 0 atom stereocenters. The Kier molecular flexibility index (Phi) is 5.16. The van der Waals surface area contributed by atoms with Crippen LogP contribution >= 0.6 is 0 Å². The second-order valence-electron chi connectivity index (χ2n) is 7.22. The molecule has 1 heterocycles. The molecule has 0 aliphatic rings. The molecule has 146 valence electrons. The summed E-state index contributed by atoms with van der Waals surface area (Å²) in [7, 11) is 0. The number of aromatic nitrogens is 2. The average Bonchev–Trinajstić information content (AvgIpc) is 3.30. The summed E-state index contributed by atoms with van der Waals surface area (Å²) < 4.78 is 2.01. The van der Waals surface area contributed by atoms with Crippen molar-refractivity contribution in [2.75, 3.05) is 0 Å². The van der Waals surface area contributed by atoms with Gasteiger partial charge in [-0.05, 0) is 42.5 Å². The monoisotopic (exact) mass is 396 g/mol. The molecule has 0 unspecified atom stereocenters. The molecule has 0 amide bonds. The maximum absolute atomic E-state index is 4.93. The van der Waals surface area contributed by atoms with E-state index in [1.165, 1.54) is 0 Å². The van der Waals surface area contributed by atoms with E-state index >= 15 is 0 Å². The van der Waals surface area contributed by atoms with Crippen LogP contribution in [0.25, 0.3) is 28.2 Å². The van der Waals surface area contributed by atoms with Crippen molar-refractivity contribution in [2.24, 2.45) is 0 Å². The average molecular weight is 396 g/mol. The summed E-state index contributed by atoms with van der Waals surface area (Å²) in [5, 5.41) is 4.93. The number of benzene rings is 4. The van der Waals surface area contributed by atoms with E-state index in [4.69, 9.17) is 5.10 Å². The predicted molar refractivity (Wildman–Crippen MR) is 127 cm³/mol. The van der Waals surface area contributed by atoms with E-state index in [1.807, 2.05) is 59.3 Å².